The maximum Gasteiger partial charge on any atom is 0.303 e. The van der Waals surface area contributed by atoms with Gasteiger partial charge in [-0.25, -0.2) is 0 Å². The molecule has 2 rings (SSSR count). The fraction of sp³-hybridized carbons (Fsp3) is 0.385. The zero-order valence-corrected chi connectivity index (χ0v) is 11.9. The third-order valence-corrected chi connectivity index (χ3v) is 3.60. The minimum atomic E-state index is -0.882. The number of amides is 1. The first-order valence-electron chi connectivity index (χ1n) is 6.09. The number of hydrogen-bond acceptors (Lipinski definition) is 3. The van der Waals surface area contributed by atoms with E-state index in [-0.39, 0.29) is 12.3 Å². The molecule has 6 heteroatoms. The van der Waals surface area contributed by atoms with E-state index < -0.39 is 12.0 Å². The molecule has 2 N–H and O–H groups in total. The Balaban J connectivity index is 2.19. The molecule has 1 unspecified atom stereocenters. The fourth-order valence-corrected chi connectivity index (χ4v) is 2.61. The maximum absolute atomic E-state index is 11.9. The number of carbonyl (C=O) groups is 2. The molecule has 1 aromatic carbocycles. The van der Waals surface area contributed by atoms with Crippen LogP contribution in [0.2, 0.25) is 0 Å². The van der Waals surface area contributed by atoms with Crippen LogP contribution < -0.4 is 10.2 Å². The van der Waals surface area contributed by atoms with Gasteiger partial charge < -0.3 is 15.3 Å². The number of halogens is 1. The molecule has 1 aromatic rings. The standard InChI is InChI=1S/C13H15BrN2O3/c14-9-2-1-3-10(8-9)16-7-6-15-13(19)11(16)4-5-12(17)18/h1-3,8,11H,4-7H2,(H,15,19)(H,17,18). The lowest BCUT2D eigenvalue weighted by atomic mass is 10.1. The zero-order chi connectivity index (χ0) is 13.8. The molecule has 1 aliphatic heterocycles. The largest absolute Gasteiger partial charge is 0.481 e. The Morgan fingerprint density at radius 2 is 2.32 bits per heavy atom. The number of carbonyl (C=O) groups excluding carboxylic acids is 1. The number of carboxylic acids is 1. The van der Waals surface area contributed by atoms with Crippen LogP contribution in [-0.4, -0.2) is 36.1 Å². The number of nitrogens with one attached hydrogen (secondary N) is 1. The maximum atomic E-state index is 11.9. The number of anilines is 1. The topological polar surface area (TPSA) is 69.6 Å². The van der Waals surface area contributed by atoms with E-state index in [1.165, 1.54) is 0 Å². The van der Waals surface area contributed by atoms with Gasteiger partial charge in [-0.15, -0.1) is 0 Å². The van der Waals surface area contributed by atoms with Gasteiger partial charge in [-0.1, -0.05) is 22.0 Å². The highest BCUT2D eigenvalue weighted by molar-refractivity contribution is 9.10. The Labute approximate surface area is 119 Å². The molecule has 0 aromatic heterocycles. The molecule has 1 saturated heterocycles. The predicted molar refractivity (Wildman–Crippen MR) is 75.2 cm³/mol. The Kier molecular flexibility index (Phi) is 4.42. The Hall–Kier alpha value is -1.56. The molecule has 5 nitrogen and oxygen atoms in total. The van der Waals surface area contributed by atoms with Gasteiger partial charge in [0, 0.05) is 29.7 Å². The molecule has 102 valence electrons. The third kappa shape index (κ3) is 3.47. The third-order valence-electron chi connectivity index (χ3n) is 3.10. The normalized spacial score (nSPS) is 19.1. The Bertz CT molecular complexity index is 493. The molecule has 19 heavy (non-hydrogen) atoms. The van der Waals surface area contributed by atoms with Crippen molar-refractivity contribution in [3.05, 3.63) is 28.7 Å². The van der Waals surface area contributed by atoms with Gasteiger partial charge >= 0.3 is 5.97 Å². The van der Waals surface area contributed by atoms with Gasteiger partial charge in [0.15, 0.2) is 0 Å². The van der Waals surface area contributed by atoms with Crippen LogP contribution in [0.25, 0.3) is 0 Å². The highest BCUT2D eigenvalue weighted by Gasteiger charge is 2.30. The van der Waals surface area contributed by atoms with Gasteiger partial charge in [0.1, 0.15) is 6.04 Å². The minimum Gasteiger partial charge on any atom is -0.481 e. The first kappa shape index (κ1) is 13.9. The van der Waals surface area contributed by atoms with Crippen molar-refractivity contribution in [2.24, 2.45) is 0 Å². The molecule has 0 spiro atoms. The van der Waals surface area contributed by atoms with Gasteiger partial charge in [0.05, 0.1) is 0 Å². The Morgan fingerprint density at radius 3 is 3.00 bits per heavy atom. The van der Waals surface area contributed by atoms with Crippen LogP contribution in [0.15, 0.2) is 28.7 Å². The number of benzene rings is 1. The molecule has 1 amide bonds. The number of hydrogen-bond donors (Lipinski definition) is 2. The summed E-state index contributed by atoms with van der Waals surface area (Å²) in [6.45, 7) is 1.27. The van der Waals surface area contributed by atoms with Crippen molar-refractivity contribution in [1.29, 1.82) is 0 Å². The van der Waals surface area contributed by atoms with E-state index >= 15 is 0 Å². The SMILES string of the molecule is O=C(O)CCC1C(=O)NCCN1c1cccc(Br)c1. The van der Waals surface area contributed by atoms with Crippen LogP contribution in [0.4, 0.5) is 5.69 Å². The first-order valence-corrected chi connectivity index (χ1v) is 6.89. The molecule has 1 heterocycles. The molecular formula is C13H15BrN2O3. The van der Waals surface area contributed by atoms with Crippen molar-refractivity contribution in [2.75, 3.05) is 18.0 Å². The summed E-state index contributed by atoms with van der Waals surface area (Å²) in [5.41, 5.74) is 0.930. The van der Waals surface area contributed by atoms with E-state index in [0.29, 0.717) is 19.5 Å². The van der Waals surface area contributed by atoms with Crippen LogP contribution in [0, 0.1) is 0 Å². The fourth-order valence-electron chi connectivity index (χ4n) is 2.23. The summed E-state index contributed by atoms with van der Waals surface area (Å²) in [6, 6.07) is 7.27. The summed E-state index contributed by atoms with van der Waals surface area (Å²) in [6.07, 6.45) is 0.302. The highest BCUT2D eigenvalue weighted by atomic mass is 79.9. The lowest BCUT2D eigenvalue weighted by molar-refractivity contribution is -0.137. The summed E-state index contributed by atoms with van der Waals surface area (Å²) in [7, 11) is 0. The van der Waals surface area contributed by atoms with Crippen LogP contribution in [0.1, 0.15) is 12.8 Å². The number of nitrogens with zero attached hydrogens (tertiary/aromatic N) is 1. The predicted octanol–water partition coefficient (Wildman–Crippen LogP) is 1.62. The van der Waals surface area contributed by atoms with Crippen molar-refractivity contribution >= 4 is 33.5 Å². The van der Waals surface area contributed by atoms with Gasteiger partial charge in [-0.3, -0.25) is 9.59 Å². The Morgan fingerprint density at radius 1 is 1.53 bits per heavy atom. The molecule has 1 atom stereocenters. The van der Waals surface area contributed by atoms with Gasteiger partial charge in [-0.05, 0) is 24.6 Å². The molecule has 1 aliphatic rings. The molecular weight excluding hydrogens is 312 g/mol. The lowest BCUT2D eigenvalue weighted by Gasteiger charge is -2.36. The van der Waals surface area contributed by atoms with Crippen LogP contribution in [0.5, 0.6) is 0 Å². The summed E-state index contributed by atoms with van der Waals surface area (Å²) < 4.78 is 0.938. The molecule has 0 bridgehead atoms. The highest BCUT2D eigenvalue weighted by Crippen LogP contribution is 2.24. The number of piperazine rings is 1. The van der Waals surface area contributed by atoms with E-state index in [1.807, 2.05) is 29.2 Å². The van der Waals surface area contributed by atoms with Crippen LogP contribution >= 0.6 is 15.9 Å². The van der Waals surface area contributed by atoms with E-state index in [2.05, 4.69) is 21.2 Å². The van der Waals surface area contributed by atoms with Crippen molar-refractivity contribution < 1.29 is 14.7 Å². The van der Waals surface area contributed by atoms with Crippen molar-refractivity contribution in [2.45, 2.75) is 18.9 Å². The second-order valence-electron chi connectivity index (χ2n) is 4.41. The smallest absolute Gasteiger partial charge is 0.303 e. The van der Waals surface area contributed by atoms with Gasteiger partial charge in [0.25, 0.3) is 0 Å². The summed E-state index contributed by atoms with van der Waals surface area (Å²) >= 11 is 3.40. The second kappa shape index (κ2) is 6.06. The number of carboxylic acid groups (broad SMARTS) is 1. The van der Waals surface area contributed by atoms with Gasteiger partial charge in [-0.2, -0.15) is 0 Å². The van der Waals surface area contributed by atoms with Gasteiger partial charge in [0.2, 0.25) is 5.91 Å². The summed E-state index contributed by atoms with van der Waals surface area (Å²) in [5.74, 6) is -0.986. The molecule has 0 aliphatic carbocycles. The monoisotopic (exact) mass is 326 g/mol. The molecule has 1 fully saturated rings. The zero-order valence-electron chi connectivity index (χ0n) is 10.3. The molecule has 0 radical (unpaired) electrons. The van der Waals surface area contributed by atoms with Crippen LogP contribution in [-0.2, 0) is 9.59 Å². The first-order chi connectivity index (χ1) is 9.08. The summed E-state index contributed by atoms with van der Waals surface area (Å²) in [5, 5.41) is 11.6. The second-order valence-corrected chi connectivity index (χ2v) is 5.33. The quantitative estimate of drug-likeness (QED) is 0.882. The van der Waals surface area contributed by atoms with Crippen LogP contribution in [0.3, 0.4) is 0 Å². The number of rotatable bonds is 4. The van der Waals surface area contributed by atoms with Crippen molar-refractivity contribution in [3.63, 3.8) is 0 Å². The average molecular weight is 327 g/mol. The van der Waals surface area contributed by atoms with E-state index in [1.54, 1.807) is 0 Å². The van der Waals surface area contributed by atoms with Crippen molar-refractivity contribution in [3.8, 4) is 0 Å². The lowest BCUT2D eigenvalue weighted by Crippen LogP contribution is -2.55. The average Bonchev–Trinajstić information content (AvgIpc) is 2.37. The van der Waals surface area contributed by atoms with E-state index in [0.717, 1.165) is 10.2 Å². The van der Waals surface area contributed by atoms with E-state index in [4.69, 9.17) is 5.11 Å². The van der Waals surface area contributed by atoms with E-state index in [9.17, 15) is 9.59 Å². The molecule has 0 saturated carbocycles. The summed E-state index contributed by atoms with van der Waals surface area (Å²) in [4.78, 5) is 24.6. The van der Waals surface area contributed by atoms with Crippen molar-refractivity contribution in [1.82, 2.24) is 5.32 Å². The number of aliphatic carboxylic acids is 1. The minimum absolute atomic E-state index is 0.0113.